The number of benzene rings is 2. The van der Waals surface area contributed by atoms with Crippen molar-refractivity contribution in [2.24, 2.45) is 0 Å². The lowest BCUT2D eigenvalue weighted by Gasteiger charge is -2.31. The van der Waals surface area contributed by atoms with Crippen molar-refractivity contribution >= 4 is 11.4 Å². The number of fused-ring (bicyclic) bond motifs is 1. The van der Waals surface area contributed by atoms with Crippen LogP contribution in [0, 0.1) is 0 Å². The topological polar surface area (TPSA) is 24.1 Å². The van der Waals surface area contributed by atoms with Crippen molar-refractivity contribution < 1.29 is 0 Å². The van der Waals surface area contributed by atoms with Gasteiger partial charge in [0.25, 0.3) is 0 Å². The number of anilines is 1. The van der Waals surface area contributed by atoms with Crippen LogP contribution in [0.5, 0.6) is 0 Å². The molecule has 96 valence electrons. The zero-order valence-corrected chi connectivity index (χ0v) is 11.1. The van der Waals surface area contributed by atoms with Gasteiger partial charge >= 0.3 is 0 Å². The maximum Gasteiger partial charge on any atom is 0.123 e. The molecule has 0 saturated heterocycles. The van der Waals surface area contributed by atoms with E-state index in [1.807, 2.05) is 12.1 Å². The van der Waals surface area contributed by atoms with Gasteiger partial charge in [-0.25, -0.2) is 0 Å². The molecular formula is C17H18N2. The summed E-state index contributed by atoms with van der Waals surface area (Å²) in [5.74, 6) is 0. The molecule has 2 nitrogen and oxygen atoms in total. The van der Waals surface area contributed by atoms with Gasteiger partial charge in [0, 0.05) is 16.9 Å². The lowest BCUT2D eigenvalue weighted by Crippen LogP contribution is -2.31. The maximum absolute atomic E-state index is 4.11. The van der Waals surface area contributed by atoms with Crippen LogP contribution < -0.4 is 10.6 Å². The Bertz CT molecular complexity index is 599. The zero-order valence-electron chi connectivity index (χ0n) is 11.1. The maximum atomic E-state index is 4.11. The third-order valence-electron chi connectivity index (χ3n) is 3.59. The van der Waals surface area contributed by atoms with Gasteiger partial charge in [-0.15, -0.1) is 0 Å². The fourth-order valence-electron chi connectivity index (χ4n) is 2.43. The minimum Gasteiger partial charge on any atom is -0.362 e. The molecule has 2 aromatic carbocycles. The predicted octanol–water partition coefficient (Wildman–Crippen LogP) is 3.93. The van der Waals surface area contributed by atoms with Crippen LogP contribution in [0.3, 0.4) is 0 Å². The van der Waals surface area contributed by atoms with Crippen molar-refractivity contribution in [3.63, 3.8) is 0 Å². The minimum absolute atomic E-state index is 0.0910. The SMILES string of the molecule is C=C1NC(c2ccc(CC)cc2)Nc2ccccc21. The van der Waals surface area contributed by atoms with Crippen molar-refractivity contribution in [3.8, 4) is 0 Å². The minimum atomic E-state index is 0.0910. The van der Waals surface area contributed by atoms with Crippen molar-refractivity contribution in [3.05, 3.63) is 71.8 Å². The van der Waals surface area contributed by atoms with Crippen molar-refractivity contribution in [2.45, 2.75) is 19.5 Å². The van der Waals surface area contributed by atoms with Crippen LogP contribution in [-0.2, 0) is 6.42 Å². The molecule has 0 amide bonds. The Balaban J connectivity index is 1.90. The van der Waals surface area contributed by atoms with E-state index >= 15 is 0 Å². The van der Waals surface area contributed by atoms with Gasteiger partial charge in [-0.2, -0.15) is 0 Å². The second-order valence-corrected chi connectivity index (χ2v) is 4.84. The first-order valence-corrected chi connectivity index (χ1v) is 6.68. The molecule has 2 aromatic rings. The molecule has 1 aliphatic rings. The number of rotatable bonds is 2. The first kappa shape index (κ1) is 11.8. The highest BCUT2D eigenvalue weighted by Crippen LogP contribution is 2.31. The van der Waals surface area contributed by atoms with E-state index in [0.717, 1.165) is 23.4 Å². The largest absolute Gasteiger partial charge is 0.362 e. The lowest BCUT2D eigenvalue weighted by molar-refractivity contribution is 0.703. The van der Waals surface area contributed by atoms with E-state index in [0.29, 0.717) is 0 Å². The third-order valence-corrected chi connectivity index (χ3v) is 3.59. The van der Waals surface area contributed by atoms with Gasteiger partial charge in [0.15, 0.2) is 0 Å². The van der Waals surface area contributed by atoms with E-state index in [2.05, 4.69) is 60.5 Å². The molecule has 0 radical (unpaired) electrons. The van der Waals surface area contributed by atoms with Crippen LogP contribution in [0.25, 0.3) is 5.70 Å². The molecular weight excluding hydrogens is 232 g/mol. The molecule has 0 aromatic heterocycles. The van der Waals surface area contributed by atoms with E-state index < -0.39 is 0 Å². The molecule has 1 unspecified atom stereocenters. The predicted molar refractivity (Wildman–Crippen MR) is 80.8 cm³/mol. The van der Waals surface area contributed by atoms with Gasteiger partial charge in [0.1, 0.15) is 6.17 Å². The Hall–Kier alpha value is -2.22. The van der Waals surface area contributed by atoms with Gasteiger partial charge in [-0.3, -0.25) is 0 Å². The third kappa shape index (κ3) is 2.22. The normalized spacial score (nSPS) is 17.3. The molecule has 1 aliphatic heterocycles. The highest BCUT2D eigenvalue weighted by Gasteiger charge is 2.20. The number of aryl methyl sites for hydroxylation is 1. The second kappa shape index (κ2) is 4.81. The fourth-order valence-corrected chi connectivity index (χ4v) is 2.43. The van der Waals surface area contributed by atoms with Crippen LogP contribution in [-0.4, -0.2) is 0 Å². The summed E-state index contributed by atoms with van der Waals surface area (Å²) in [6.07, 6.45) is 1.16. The molecule has 2 heteroatoms. The zero-order chi connectivity index (χ0) is 13.2. The van der Waals surface area contributed by atoms with Gasteiger partial charge in [0.2, 0.25) is 0 Å². The summed E-state index contributed by atoms with van der Waals surface area (Å²) >= 11 is 0. The van der Waals surface area contributed by atoms with E-state index in [4.69, 9.17) is 0 Å². The smallest absolute Gasteiger partial charge is 0.123 e. The van der Waals surface area contributed by atoms with Crippen LogP contribution >= 0.6 is 0 Å². The van der Waals surface area contributed by atoms with Crippen molar-refractivity contribution in [1.29, 1.82) is 0 Å². The van der Waals surface area contributed by atoms with Crippen LogP contribution in [0.15, 0.2) is 55.1 Å². The molecule has 2 N–H and O–H groups in total. The van der Waals surface area contributed by atoms with Gasteiger partial charge in [-0.05, 0) is 23.6 Å². The molecule has 0 fully saturated rings. The molecule has 3 rings (SSSR count). The van der Waals surface area contributed by atoms with E-state index in [1.54, 1.807) is 0 Å². The van der Waals surface area contributed by atoms with Crippen LogP contribution in [0.4, 0.5) is 5.69 Å². The highest BCUT2D eigenvalue weighted by molar-refractivity contribution is 5.77. The van der Waals surface area contributed by atoms with Crippen LogP contribution in [0.2, 0.25) is 0 Å². The molecule has 0 aliphatic carbocycles. The Morgan fingerprint density at radius 3 is 2.47 bits per heavy atom. The van der Waals surface area contributed by atoms with Gasteiger partial charge < -0.3 is 10.6 Å². The molecule has 1 atom stereocenters. The molecule has 19 heavy (non-hydrogen) atoms. The lowest BCUT2D eigenvalue weighted by atomic mass is 10.0. The van der Waals surface area contributed by atoms with Gasteiger partial charge in [0.05, 0.1) is 0 Å². The van der Waals surface area contributed by atoms with E-state index in [1.165, 1.54) is 11.1 Å². The van der Waals surface area contributed by atoms with Crippen molar-refractivity contribution in [2.75, 3.05) is 5.32 Å². The summed E-state index contributed by atoms with van der Waals surface area (Å²) in [5.41, 5.74) is 5.84. The number of para-hydroxylation sites is 1. The fraction of sp³-hybridized carbons (Fsp3) is 0.176. The second-order valence-electron chi connectivity index (χ2n) is 4.84. The number of nitrogens with one attached hydrogen (secondary N) is 2. The molecule has 0 spiro atoms. The Morgan fingerprint density at radius 2 is 1.74 bits per heavy atom. The Labute approximate surface area is 114 Å². The molecule has 0 saturated carbocycles. The standard InChI is InChI=1S/C17H18N2/c1-3-13-8-10-14(11-9-13)17-18-12(2)15-6-4-5-7-16(15)19-17/h4-11,17-19H,2-3H2,1H3. The van der Waals surface area contributed by atoms with Crippen molar-refractivity contribution in [1.82, 2.24) is 5.32 Å². The first-order valence-electron chi connectivity index (χ1n) is 6.68. The summed E-state index contributed by atoms with van der Waals surface area (Å²) in [7, 11) is 0. The summed E-state index contributed by atoms with van der Waals surface area (Å²) in [6, 6.07) is 17.0. The molecule has 1 heterocycles. The summed E-state index contributed by atoms with van der Waals surface area (Å²) in [5, 5.41) is 6.93. The van der Waals surface area contributed by atoms with Gasteiger partial charge in [-0.1, -0.05) is 56.0 Å². The number of hydrogen-bond acceptors (Lipinski definition) is 2. The Morgan fingerprint density at radius 1 is 1.00 bits per heavy atom. The quantitative estimate of drug-likeness (QED) is 0.843. The highest BCUT2D eigenvalue weighted by atomic mass is 15.2. The monoisotopic (exact) mass is 250 g/mol. The van der Waals surface area contributed by atoms with E-state index in [9.17, 15) is 0 Å². The summed E-state index contributed by atoms with van der Waals surface area (Å²) < 4.78 is 0. The summed E-state index contributed by atoms with van der Waals surface area (Å²) in [4.78, 5) is 0. The van der Waals surface area contributed by atoms with Crippen LogP contribution in [0.1, 0.15) is 29.8 Å². The molecule has 0 bridgehead atoms. The van der Waals surface area contributed by atoms with E-state index in [-0.39, 0.29) is 6.17 Å². The Kier molecular flexibility index (Phi) is 3.00. The average molecular weight is 250 g/mol. The summed E-state index contributed by atoms with van der Waals surface area (Å²) in [6.45, 7) is 6.28. The first-order chi connectivity index (χ1) is 9.28. The number of hydrogen-bond donors (Lipinski definition) is 2. The average Bonchev–Trinajstić information content (AvgIpc) is 2.47.